The first-order valence-corrected chi connectivity index (χ1v) is 6.50. The van der Waals surface area contributed by atoms with Crippen molar-refractivity contribution in [1.29, 1.82) is 0 Å². The average Bonchev–Trinajstić information content (AvgIpc) is 2.37. The van der Waals surface area contributed by atoms with Gasteiger partial charge in [0.25, 0.3) is 0 Å². The molecule has 0 aromatic heterocycles. The smallest absolute Gasteiger partial charge is 0.369 e. The van der Waals surface area contributed by atoms with Crippen LogP contribution in [0.2, 0.25) is 0 Å². The van der Waals surface area contributed by atoms with Crippen molar-refractivity contribution >= 4 is 21.6 Å². The lowest BCUT2D eigenvalue weighted by molar-refractivity contribution is -0.144. The van der Waals surface area contributed by atoms with Crippen molar-refractivity contribution in [2.75, 3.05) is 5.32 Å². The van der Waals surface area contributed by atoms with E-state index in [2.05, 4.69) is 21.2 Å². The summed E-state index contributed by atoms with van der Waals surface area (Å²) >= 11 is 3.05. The Hall–Kier alpha value is -1.56. The third-order valence-electron chi connectivity index (χ3n) is 2.69. The van der Waals surface area contributed by atoms with E-state index in [1.807, 2.05) is 0 Å². The van der Waals surface area contributed by atoms with Crippen LogP contribution in [0.5, 0.6) is 0 Å². The molecule has 6 heteroatoms. The Balaban J connectivity index is 2.34. The minimum absolute atomic E-state index is 0.0937. The summed E-state index contributed by atoms with van der Waals surface area (Å²) in [6, 6.07) is 9.12. The highest BCUT2D eigenvalue weighted by molar-refractivity contribution is 9.10. The van der Waals surface area contributed by atoms with Crippen molar-refractivity contribution in [3.8, 4) is 0 Å². The second-order valence-electron chi connectivity index (χ2n) is 4.15. The van der Waals surface area contributed by atoms with Gasteiger partial charge >= 0.3 is 6.18 Å². The number of nitrogens with one attached hydrogen (secondary N) is 1. The van der Waals surface area contributed by atoms with Gasteiger partial charge in [0, 0.05) is 10.2 Å². The van der Waals surface area contributed by atoms with Gasteiger partial charge in [-0.25, -0.2) is 4.39 Å². The highest BCUT2D eigenvalue weighted by atomic mass is 79.9. The molecule has 0 aliphatic carbocycles. The molecule has 1 atom stereocenters. The molecule has 0 aliphatic rings. The van der Waals surface area contributed by atoms with Crippen molar-refractivity contribution in [3.63, 3.8) is 0 Å². The van der Waals surface area contributed by atoms with Crippen molar-refractivity contribution in [1.82, 2.24) is 0 Å². The highest BCUT2D eigenvalue weighted by Gasteiger charge is 2.41. The zero-order valence-electron chi connectivity index (χ0n) is 10.1. The summed E-state index contributed by atoms with van der Waals surface area (Å²) in [7, 11) is 0. The molecule has 1 unspecified atom stereocenters. The first kappa shape index (κ1) is 14.8. The minimum atomic E-state index is -4.46. The van der Waals surface area contributed by atoms with Crippen molar-refractivity contribution in [2.24, 2.45) is 0 Å². The van der Waals surface area contributed by atoms with Gasteiger partial charge in [-0.2, -0.15) is 13.2 Å². The van der Waals surface area contributed by atoms with Crippen LogP contribution in [0.15, 0.2) is 53.0 Å². The molecule has 1 nitrogen and oxygen atoms in total. The first-order chi connectivity index (χ1) is 9.38. The van der Waals surface area contributed by atoms with Gasteiger partial charge in [-0.15, -0.1) is 0 Å². The van der Waals surface area contributed by atoms with Gasteiger partial charge in [0.2, 0.25) is 0 Å². The van der Waals surface area contributed by atoms with Crippen molar-refractivity contribution < 1.29 is 17.6 Å². The molecule has 0 radical (unpaired) electrons. The largest absolute Gasteiger partial charge is 0.412 e. The number of benzene rings is 2. The van der Waals surface area contributed by atoms with Crippen LogP contribution in [0.3, 0.4) is 0 Å². The number of hydrogen-bond donors (Lipinski definition) is 1. The van der Waals surface area contributed by atoms with Crippen LogP contribution in [-0.4, -0.2) is 6.18 Å². The van der Waals surface area contributed by atoms with Gasteiger partial charge in [-0.1, -0.05) is 30.3 Å². The average molecular weight is 348 g/mol. The van der Waals surface area contributed by atoms with Crippen LogP contribution < -0.4 is 5.32 Å². The Labute approximate surface area is 121 Å². The highest BCUT2D eigenvalue weighted by Crippen LogP contribution is 2.37. The van der Waals surface area contributed by atoms with Crippen molar-refractivity contribution in [3.05, 3.63) is 64.4 Å². The predicted molar refractivity (Wildman–Crippen MR) is 73.0 cm³/mol. The summed E-state index contributed by atoms with van der Waals surface area (Å²) in [6.07, 6.45) is -4.46. The van der Waals surface area contributed by atoms with E-state index in [0.29, 0.717) is 0 Å². The molecule has 20 heavy (non-hydrogen) atoms. The summed E-state index contributed by atoms with van der Waals surface area (Å²) in [5, 5.41) is 2.39. The molecule has 0 amide bonds. The monoisotopic (exact) mass is 347 g/mol. The Morgan fingerprint density at radius 2 is 1.65 bits per heavy atom. The summed E-state index contributed by atoms with van der Waals surface area (Å²) < 4.78 is 52.7. The third kappa shape index (κ3) is 3.50. The fourth-order valence-electron chi connectivity index (χ4n) is 1.76. The van der Waals surface area contributed by atoms with Crippen LogP contribution >= 0.6 is 15.9 Å². The maximum atomic E-state index is 13.2. The van der Waals surface area contributed by atoms with E-state index in [0.717, 1.165) is 12.1 Å². The molecule has 0 saturated heterocycles. The molecule has 1 N–H and O–H groups in total. The Morgan fingerprint density at radius 1 is 1.00 bits per heavy atom. The van der Waals surface area contributed by atoms with Gasteiger partial charge in [0.1, 0.15) is 11.9 Å². The molecule has 0 fully saturated rings. The van der Waals surface area contributed by atoms with Crippen LogP contribution in [0.1, 0.15) is 11.6 Å². The second kappa shape index (κ2) is 5.83. The molecule has 0 spiro atoms. The van der Waals surface area contributed by atoms with E-state index in [1.54, 1.807) is 6.07 Å². The van der Waals surface area contributed by atoms with E-state index in [-0.39, 0.29) is 15.7 Å². The van der Waals surface area contributed by atoms with Gasteiger partial charge in [-0.3, -0.25) is 0 Å². The quantitative estimate of drug-likeness (QED) is 0.742. The first-order valence-electron chi connectivity index (χ1n) is 5.71. The molecule has 106 valence electrons. The molecule has 0 saturated carbocycles. The topological polar surface area (TPSA) is 12.0 Å². The van der Waals surface area contributed by atoms with E-state index in [4.69, 9.17) is 0 Å². The molecular weight excluding hydrogens is 338 g/mol. The zero-order valence-corrected chi connectivity index (χ0v) is 11.7. The van der Waals surface area contributed by atoms with Crippen molar-refractivity contribution in [2.45, 2.75) is 12.2 Å². The second-order valence-corrected chi connectivity index (χ2v) is 5.01. The maximum absolute atomic E-state index is 13.2. The standard InChI is InChI=1S/C14H10BrF4N/c15-11-8-10(16)6-7-12(11)20-13(14(17,18)19)9-4-2-1-3-5-9/h1-8,13,20H. The third-order valence-corrected chi connectivity index (χ3v) is 3.35. The normalized spacial score (nSPS) is 13.1. The number of anilines is 1. The van der Waals surface area contributed by atoms with Crippen LogP contribution in [0, 0.1) is 5.82 Å². The molecule has 2 rings (SSSR count). The molecule has 2 aromatic rings. The molecule has 0 aliphatic heterocycles. The van der Waals surface area contributed by atoms with Gasteiger partial charge in [-0.05, 0) is 39.7 Å². The van der Waals surface area contributed by atoms with E-state index in [9.17, 15) is 17.6 Å². The van der Waals surface area contributed by atoms with E-state index in [1.165, 1.54) is 30.3 Å². The fourth-order valence-corrected chi connectivity index (χ4v) is 2.23. The van der Waals surface area contributed by atoms with Gasteiger partial charge in [0.05, 0.1) is 0 Å². The molecule has 0 heterocycles. The minimum Gasteiger partial charge on any atom is -0.369 e. The van der Waals surface area contributed by atoms with E-state index < -0.39 is 18.0 Å². The summed E-state index contributed by atoms with van der Waals surface area (Å²) in [6.45, 7) is 0. The molecule has 0 bridgehead atoms. The Kier molecular flexibility index (Phi) is 4.32. The lowest BCUT2D eigenvalue weighted by atomic mass is 10.1. The zero-order chi connectivity index (χ0) is 14.8. The summed E-state index contributed by atoms with van der Waals surface area (Å²) in [5.41, 5.74) is 0.272. The number of hydrogen-bond acceptors (Lipinski definition) is 1. The van der Waals surface area contributed by atoms with Crippen LogP contribution in [0.25, 0.3) is 0 Å². The van der Waals surface area contributed by atoms with Gasteiger partial charge < -0.3 is 5.32 Å². The summed E-state index contributed by atoms with van der Waals surface area (Å²) in [4.78, 5) is 0. The number of rotatable bonds is 3. The Morgan fingerprint density at radius 3 is 2.20 bits per heavy atom. The van der Waals surface area contributed by atoms with Gasteiger partial charge in [0.15, 0.2) is 0 Å². The number of halogens is 5. The Bertz CT molecular complexity index is 583. The predicted octanol–water partition coefficient (Wildman–Crippen LogP) is 5.30. The lowest BCUT2D eigenvalue weighted by Gasteiger charge is -2.23. The number of alkyl halides is 3. The SMILES string of the molecule is Fc1ccc(NC(c2ccccc2)C(F)(F)F)c(Br)c1. The van der Waals surface area contributed by atoms with E-state index >= 15 is 0 Å². The van der Waals surface area contributed by atoms with Crippen LogP contribution in [0.4, 0.5) is 23.2 Å². The summed E-state index contributed by atoms with van der Waals surface area (Å²) in [5.74, 6) is -0.523. The maximum Gasteiger partial charge on any atom is 0.412 e. The molecular formula is C14H10BrF4N. The molecule has 2 aromatic carbocycles. The lowest BCUT2D eigenvalue weighted by Crippen LogP contribution is -2.28. The van der Waals surface area contributed by atoms with Crippen LogP contribution in [-0.2, 0) is 0 Å². The fraction of sp³-hybridized carbons (Fsp3) is 0.143.